The van der Waals surface area contributed by atoms with Crippen molar-refractivity contribution < 1.29 is 13.2 Å². The average molecular weight is 211 g/mol. The van der Waals surface area contributed by atoms with Crippen molar-refractivity contribution in [3.63, 3.8) is 0 Å². The smallest absolute Gasteiger partial charge is 0.234 e. The first-order chi connectivity index (χ1) is 5.47. The van der Waals surface area contributed by atoms with Crippen molar-refractivity contribution in [1.29, 1.82) is 0 Å². The molecular formula is C6H4F3NS2. The van der Waals surface area contributed by atoms with Crippen LogP contribution in [0.4, 0.5) is 13.2 Å². The van der Waals surface area contributed by atoms with Crippen molar-refractivity contribution in [3.05, 3.63) is 12.2 Å². The van der Waals surface area contributed by atoms with Crippen LogP contribution in [-0.4, -0.2) is 15.5 Å². The fourth-order valence-electron chi connectivity index (χ4n) is 0.642. The van der Waals surface area contributed by atoms with Crippen LogP contribution in [0.3, 0.4) is 0 Å². The predicted octanol–water partition coefficient (Wildman–Crippen LogP) is 2.93. The summed E-state index contributed by atoms with van der Waals surface area (Å²) in [5.41, 5.74) is -4.28. The maximum atomic E-state index is 11.8. The number of nitrogens with zero attached hydrogens (tertiary/aromatic N) is 1. The van der Waals surface area contributed by atoms with Crippen LogP contribution in [0, 0.1) is 0 Å². The summed E-state index contributed by atoms with van der Waals surface area (Å²) < 4.78 is 35.3. The molecule has 0 spiro atoms. The molecule has 6 heteroatoms. The van der Waals surface area contributed by atoms with E-state index in [1.165, 1.54) is 6.08 Å². The molecule has 12 heavy (non-hydrogen) atoms. The maximum absolute atomic E-state index is 11.8. The lowest BCUT2D eigenvalue weighted by Gasteiger charge is -2.07. The Balaban J connectivity index is 2.64. The summed E-state index contributed by atoms with van der Waals surface area (Å²) in [5, 5.41) is -0.0845. The number of thiocarbonyl (C=S) groups is 1. The van der Waals surface area contributed by atoms with E-state index in [2.05, 4.69) is 17.2 Å². The Labute approximate surface area is 76.7 Å². The van der Waals surface area contributed by atoms with Crippen LogP contribution in [0.1, 0.15) is 6.42 Å². The molecular weight excluding hydrogens is 207 g/mol. The van der Waals surface area contributed by atoms with Crippen LogP contribution in [0.15, 0.2) is 17.1 Å². The minimum absolute atomic E-state index is 0.0845. The molecule has 0 radical (unpaired) electrons. The van der Waals surface area contributed by atoms with Gasteiger partial charge >= 0.3 is 5.51 Å². The summed E-state index contributed by atoms with van der Waals surface area (Å²) >= 11 is 4.41. The van der Waals surface area contributed by atoms with Crippen LogP contribution in [-0.2, 0) is 0 Å². The summed E-state index contributed by atoms with van der Waals surface area (Å²) in [6.07, 6.45) is 3.36. The zero-order chi connectivity index (χ0) is 9.19. The Bertz CT molecular complexity index is 254. The van der Waals surface area contributed by atoms with Gasteiger partial charge in [0.1, 0.15) is 10.0 Å². The highest BCUT2D eigenvalue weighted by molar-refractivity contribution is 8.15. The van der Waals surface area contributed by atoms with Gasteiger partial charge in [-0.15, -0.1) is 0 Å². The summed E-state index contributed by atoms with van der Waals surface area (Å²) in [4.78, 5) is 3.87. The quantitative estimate of drug-likeness (QED) is 0.571. The zero-order valence-electron chi connectivity index (χ0n) is 5.76. The minimum Gasteiger partial charge on any atom is -0.234 e. The number of halogens is 3. The topological polar surface area (TPSA) is 12.4 Å². The van der Waals surface area contributed by atoms with E-state index in [0.717, 1.165) is 0 Å². The molecule has 0 aromatic carbocycles. The average Bonchev–Trinajstić information content (AvgIpc) is 1.82. The van der Waals surface area contributed by atoms with Crippen LogP contribution < -0.4 is 0 Å². The van der Waals surface area contributed by atoms with Crippen molar-refractivity contribution in [2.75, 3.05) is 0 Å². The van der Waals surface area contributed by atoms with Crippen molar-refractivity contribution >= 4 is 34.0 Å². The lowest BCUT2D eigenvalue weighted by molar-refractivity contribution is -0.0315. The molecule has 1 nitrogen and oxygen atoms in total. The lowest BCUT2D eigenvalue weighted by atomic mass is 10.3. The normalized spacial score (nSPS) is 17.9. The SMILES string of the molecule is FC(F)(F)SC1=NC(=S)CC=C1. The predicted molar refractivity (Wildman–Crippen MR) is 47.4 cm³/mol. The Morgan fingerprint density at radius 1 is 1.50 bits per heavy atom. The number of dihydropyridines is 1. The van der Waals surface area contributed by atoms with E-state index in [1.807, 2.05) is 0 Å². The highest BCUT2D eigenvalue weighted by Crippen LogP contribution is 2.32. The maximum Gasteiger partial charge on any atom is 0.447 e. The van der Waals surface area contributed by atoms with Gasteiger partial charge in [0.15, 0.2) is 0 Å². The second kappa shape index (κ2) is 3.57. The summed E-state index contributed by atoms with van der Waals surface area (Å²) in [5.74, 6) is 0. The van der Waals surface area contributed by atoms with Gasteiger partial charge in [-0.25, -0.2) is 4.99 Å². The Kier molecular flexibility index (Phi) is 2.89. The van der Waals surface area contributed by atoms with Gasteiger partial charge in [0.05, 0.1) is 0 Å². The van der Waals surface area contributed by atoms with E-state index < -0.39 is 5.51 Å². The molecule has 66 valence electrons. The molecule has 0 atom stereocenters. The standard InChI is InChI=1S/C6H4F3NS2/c7-6(8,9)12-5-3-1-2-4(11)10-5/h1,3H,2H2. The highest BCUT2D eigenvalue weighted by Gasteiger charge is 2.31. The molecule has 1 heterocycles. The number of thioether (sulfide) groups is 1. The van der Waals surface area contributed by atoms with E-state index in [-0.39, 0.29) is 16.8 Å². The van der Waals surface area contributed by atoms with Crippen molar-refractivity contribution in [3.8, 4) is 0 Å². The second-order valence-corrected chi connectivity index (χ2v) is 3.55. The Morgan fingerprint density at radius 2 is 2.17 bits per heavy atom. The van der Waals surface area contributed by atoms with Gasteiger partial charge in [0, 0.05) is 18.2 Å². The Hall–Kier alpha value is -0.360. The van der Waals surface area contributed by atoms with Gasteiger partial charge in [-0.3, -0.25) is 0 Å². The van der Waals surface area contributed by atoms with Crippen LogP contribution >= 0.6 is 24.0 Å². The fraction of sp³-hybridized carbons (Fsp3) is 0.333. The number of aliphatic imine (C=N–C) groups is 1. The summed E-state index contributed by atoms with van der Waals surface area (Å²) in [6.45, 7) is 0. The number of alkyl halides is 3. The van der Waals surface area contributed by atoms with Crippen molar-refractivity contribution in [1.82, 2.24) is 0 Å². The van der Waals surface area contributed by atoms with Gasteiger partial charge in [0.25, 0.3) is 0 Å². The zero-order valence-corrected chi connectivity index (χ0v) is 7.39. The third kappa shape index (κ3) is 3.36. The van der Waals surface area contributed by atoms with Gasteiger partial charge in [-0.1, -0.05) is 18.3 Å². The van der Waals surface area contributed by atoms with Crippen LogP contribution in [0.25, 0.3) is 0 Å². The molecule has 0 unspecified atom stereocenters. The monoisotopic (exact) mass is 211 g/mol. The molecule has 1 aliphatic rings. The van der Waals surface area contributed by atoms with E-state index in [1.54, 1.807) is 6.08 Å². The lowest BCUT2D eigenvalue weighted by Crippen LogP contribution is -2.08. The first kappa shape index (κ1) is 9.73. The molecule has 1 rings (SSSR count). The van der Waals surface area contributed by atoms with Gasteiger partial charge in [-0.05, 0) is 6.08 Å². The molecule has 0 aromatic rings. The molecule has 0 aliphatic carbocycles. The van der Waals surface area contributed by atoms with E-state index in [4.69, 9.17) is 0 Å². The van der Waals surface area contributed by atoms with Crippen LogP contribution in [0.5, 0.6) is 0 Å². The first-order valence-electron chi connectivity index (χ1n) is 3.01. The minimum atomic E-state index is -4.28. The Morgan fingerprint density at radius 3 is 2.67 bits per heavy atom. The first-order valence-corrected chi connectivity index (χ1v) is 4.24. The van der Waals surface area contributed by atoms with Gasteiger partial charge in [0.2, 0.25) is 0 Å². The van der Waals surface area contributed by atoms with Crippen LogP contribution in [0.2, 0.25) is 0 Å². The summed E-state index contributed by atoms with van der Waals surface area (Å²) in [7, 11) is 0. The fourth-order valence-corrected chi connectivity index (χ4v) is 1.45. The van der Waals surface area contributed by atoms with Crippen molar-refractivity contribution in [2.24, 2.45) is 4.99 Å². The molecule has 0 saturated carbocycles. The molecule has 0 N–H and O–H groups in total. The molecule has 1 aliphatic heterocycles. The summed E-state index contributed by atoms with van der Waals surface area (Å²) in [6, 6.07) is 0. The van der Waals surface area contributed by atoms with E-state index in [0.29, 0.717) is 11.4 Å². The molecule has 0 fully saturated rings. The van der Waals surface area contributed by atoms with Gasteiger partial charge < -0.3 is 0 Å². The number of rotatable bonds is 0. The highest BCUT2D eigenvalue weighted by atomic mass is 32.2. The molecule has 0 aromatic heterocycles. The number of hydrogen-bond donors (Lipinski definition) is 0. The largest absolute Gasteiger partial charge is 0.447 e. The van der Waals surface area contributed by atoms with Crippen molar-refractivity contribution in [2.45, 2.75) is 11.9 Å². The molecule has 0 saturated heterocycles. The molecule has 0 amide bonds. The second-order valence-electron chi connectivity index (χ2n) is 2.00. The third-order valence-electron chi connectivity index (χ3n) is 1.01. The number of hydrogen-bond acceptors (Lipinski definition) is 2. The van der Waals surface area contributed by atoms with Gasteiger partial charge in [-0.2, -0.15) is 13.2 Å². The van der Waals surface area contributed by atoms with E-state index in [9.17, 15) is 13.2 Å². The molecule has 0 bridgehead atoms. The van der Waals surface area contributed by atoms with E-state index >= 15 is 0 Å². The third-order valence-corrected chi connectivity index (χ3v) is 1.93.